The minimum Gasteiger partial charge on any atom is -0.428 e. The number of oxazole rings is 1. The zero-order valence-corrected chi connectivity index (χ0v) is 10.9. The van der Waals surface area contributed by atoms with Gasteiger partial charge in [0.1, 0.15) is 5.76 Å². The Morgan fingerprint density at radius 1 is 1.60 bits per heavy atom. The van der Waals surface area contributed by atoms with Gasteiger partial charge in [-0.3, -0.25) is 10.1 Å². The maximum atomic E-state index is 11.3. The predicted molar refractivity (Wildman–Crippen MR) is 62.2 cm³/mol. The van der Waals surface area contributed by atoms with Gasteiger partial charge in [-0.25, -0.2) is 4.98 Å². The van der Waals surface area contributed by atoms with Gasteiger partial charge < -0.3 is 4.42 Å². The topological polar surface area (TPSA) is 55.1 Å². The Kier molecular flexibility index (Phi) is 3.54. The van der Waals surface area contributed by atoms with Crippen LogP contribution in [0.2, 0.25) is 0 Å². The Bertz CT molecular complexity index is 353. The summed E-state index contributed by atoms with van der Waals surface area (Å²) in [6.07, 6.45) is 1.63. The summed E-state index contributed by atoms with van der Waals surface area (Å²) in [5.74, 6) is 0.581. The van der Waals surface area contributed by atoms with Crippen LogP contribution < -0.4 is 5.32 Å². The number of rotatable bonds is 2. The van der Waals surface area contributed by atoms with Crippen molar-refractivity contribution in [1.29, 1.82) is 0 Å². The highest BCUT2D eigenvalue weighted by atomic mass is 79.9. The number of aromatic nitrogens is 1. The van der Waals surface area contributed by atoms with Crippen molar-refractivity contribution in [3.8, 4) is 0 Å². The minimum atomic E-state index is -0.262. The molecule has 0 saturated heterocycles. The molecule has 0 bridgehead atoms. The van der Waals surface area contributed by atoms with Crippen molar-refractivity contribution in [3.63, 3.8) is 0 Å². The van der Waals surface area contributed by atoms with Crippen LogP contribution in [-0.2, 0) is 10.2 Å². The highest BCUT2D eigenvalue weighted by molar-refractivity contribution is 9.10. The monoisotopic (exact) mass is 274 g/mol. The largest absolute Gasteiger partial charge is 0.428 e. The Balaban J connectivity index is 2.73. The number of anilines is 1. The molecule has 0 saturated carbocycles. The van der Waals surface area contributed by atoms with Crippen LogP contribution >= 0.6 is 15.9 Å². The van der Waals surface area contributed by atoms with E-state index in [2.05, 4.69) is 26.2 Å². The van der Waals surface area contributed by atoms with Crippen LogP contribution in [-0.4, -0.2) is 15.7 Å². The molecule has 84 valence electrons. The molecule has 0 fully saturated rings. The normalized spacial score (nSPS) is 13.7. The second kappa shape index (κ2) is 4.35. The van der Waals surface area contributed by atoms with Crippen LogP contribution in [0.4, 0.5) is 6.01 Å². The molecule has 5 heteroatoms. The van der Waals surface area contributed by atoms with E-state index in [0.29, 0.717) is 0 Å². The van der Waals surface area contributed by atoms with Gasteiger partial charge >= 0.3 is 6.01 Å². The molecule has 1 rings (SSSR count). The van der Waals surface area contributed by atoms with Gasteiger partial charge in [0.2, 0.25) is 5.91 Å². The van der Waals surface area contributed by atoms with Gasteiger partial charge in [-0.2, -0.15) is 0 Å². The Morgan fingerprint density at radius 2 is 2.20 bits per heavy atom. The average Bonchev–Trinajstić information content (AvgIpc) is 2.51. The first-order valence-electron chi connectivity index (χ1n) is 4.72. The molecule has 0 aliphatic rings. The molecular formula is C10H15BrN2O2. The lowest BCUT2D eigenvalue weighted by atomic mass is 9.94. The quantitative estimate of drug-likeness (QED) is 0.844. The molecular weight excluding hydrogens is 260 g/mol. The maximum Gasteiger partial charge on any atom is 0.301 e. The third-order valence-corrected chi connectivity index (χ3v) is 2.25. The lowest BCUT2D eigenvalue weighted by Gasteiger charge is -2.13. The molecule has 1 aromatic rings. The molecule has 0 spiro atoms. The Labute approximate surface area is 97.6 Å². The SMILES string of the molecule is C[C@H](Br)C(=O)Nc1ncc(C(C)(C)C)o1. The van der Waals surface area contributed by atoms with Crippen molar-refractivity contribution in [2.75, 3.05) is 5.32 Å². The van der Waals surface area contributed by atoms with E-state index < -0.39 is 0 Å². The lowest BCUT2D eigenvalue weighted by Crippen LogP contribution is -2.20. The summed E-state index contributed by atoms with van der Waals surface area (Å²) in [5, 5.41) is 2.57. The number of nitrogens with zero attached hydrogens (tertiary/aromatic N) is 1. The number of carbonyl (C=O) groups excluding carboxylic acids is 1. The van der Waals surface area contributed by atoms with Gasteiger partial charge in [0, 0.05) is 5.41 Å². The lowest BCUT2D eigenvalue weighted by molar-refractivity contribution is -0.115. The first-order valence-corrected chi connectivity index (χ1v) is 5.63. The fourth-order valence-electron chi connectivity index (χ4n) is 0.883. The van der Waals surface area contributed by atoms with Gasteiger partial charge in [0.15, 0.2) is 0 Å². The molecule has 0 aliphatic heterocycles. The average molecular weight is 275 g/mol. The fraction of sp³-hybridized carbons (Fsp3) is 0.600. The molecule has 1 heterocycles. The minimum absolute atomic E-state index is 0.101. The molecule has 0 unspecified atom stereocenters. The summed E-state index contributed by atoms with van der Waals surface area (Å²) in [6, 6.07) is 0.247. The van der Waals surface area contributed by atoms with E-state index in [1.165, 1.54) is 0 Å². The fourth-order valence-corrected chi connectivity index (χ4v) is 0.998. The molecule has 0 aromatic carbocycles. The highest BCUT2D eigenvalue weighted by Crippen LogP contribution is 2.24. The van der Waals surface area contributed by atoms with Crippen molar-refractivity contribution in [2.24, 2.45) is 0 Å². The molecule has 1 atom stereocenters. The number of hydrogen-bond acceptors (Lipinski definition) is 3. The summed E-state index contributed by atoms with van der Waals surface area (Å²) in [4.78, 5) is 15.0. The van der Waals surface area contributed by atoms with Crippen LogP contribution in [0.15, 0.2) is 10.6 Å². The summed E-state index contributed by atoms with van der Waals surface area (Å²) in [5.41, 5.74) is -0.101. The van der Waals surface area contributed by atoms with Crippen molar-refractivity contribution < 1.29 is 9.21 Å². The second-order valence-electron chi connectivity index (χ2n) is 4.38. The van der Waals surface area contributed by atoms with Crippen LogP contribution in [0, 0.1) is 0 Å². The maximum absolute atomic E-state index is 11.3. The van der Waals surface area contributed by atoms with E-state index in [0.717, 1.165) is 5.76 Å². The van der Waals surface area contributed by atoms with Crippen molar-refractivity contribution in [3.05, 3.63) is 12.0 Å². The number of nitrogens with one attached hydrogen (secondary N) is 1. The summed E-state index contributed by atoms with van der Waals surface area (Å²) in [7, 11) is 0. The number of amides is 1. The number of halogens is 1. The first kappa shape index (κ1) is 12.2. The van der Waals surface area contributed by atoms with Gasteiger partial charge in [-0.15, -0.1) is 0 Å². The summed E-state index contributed by atoms with van der Waals surface area (Å²) < 4.78 is 5.40. The molecule has 4 nitrogen and oxygen atoms in total. The molecule has 0 radical (unpaired) electrons. The van der Waals surface area contributed by atoms with Crippen LogP contribution in [0.1, 0.15) is 33.5 Å². The zero-order chi connectivity index (χ0) is 11.6. The van der Waals surface area contributed by atoms with E-state index in [-0.39, 0.29) is 22.2 Å². The number of hydrogen-bond donors (Lipinski definition) is 1. The van der Waals surface area contributed by atoms with Crippen molar-refractivity contribution in [2.45, 2.75) is 37.9 Å². The third kappa shape index (κ3) is 3.34. The van der Waals surface area contributed by atoms with E-state index >= 15 is 0 Å². The molecule has 15 heavy (non-hydrogen) atoms. The highest BCUT2D eigenvalue weighted by Gasteiger charge is 2.20. The van der Waals surface area contributed by atoms with Gasteiger partial charge in [0.05, 0.1) is 11.0 Å². The van der Waals surface area contributed by atoms with E-state index in [9.17, 15) is 4.79 Å². The van der Waals surface area contributed by atoms with Gasteiger partial charge in [-0.05, 0) is 6.92 Å². The van der Waals surface area contributed by atoms with Gasteiger partial charge in [0.25, 0.3) is 0 Å². The summed E-state index contributed by atoms with van der Waals surface area (Å²) in [6.45, 7) is 7.80. The standard InChI is InChI=1S/C10H15BrN2O2/c1-6(11)8(14)13-9-12-5-7(15-9)10(2,3)4/h5-6H,1-4H3,(H,12,13,14)/t6-/m0/s1. The molecule has 1 N–H and O–H groups in total. The number of alkyl halides is 1. The Morgan fingerprint density at radius 3 is 2.60 bits per heavy atom. The smallest absolute Gasteiger partial charge is 0.301 e. The third-order valence-electron chi connectivity index (χ3n) is 1.84. The van der Waals surface area contributed by atoms with E-state index in [1.54, 1.807) is 13.1 Å². The Hall–Kier alpha value is -0.840. The number of carbonyl (C=O) groups is 1. The second-order valence-corrected chi connectivity index (χ2v) is 5.76. The van der Waals surface area contributed by atoms with Crippen LogP contribution in [0.25, 0.3) is 0 Å². The molecule has 0 aliphatic carbocycles. The van der Waals surface area contributed by atoms with E-state index in [1.807, 2.05) is 20.8 Å². The van der Waals surface area contributed by atoms with Crippen molar-refractivity contribution in [1.82, 2.24) is 4.98 Å². The predicted octanol–water partition coefficient (Wildman–Crippen LogP) is 2.69. The van der Waals surface area contributed by atoms with Crippen LogP contribution in [0.3, 0.4) is 0 Å². The van der Waals surface area contributed by atoms with Crippen LogP contribution in [0.5, 0.6) is 0 Å². The van der Waals surface area contributed by atoms with Crippen molar-refractivity contribution >= 4 is 27.9 Å². The van der Waals surface area contributed by atoms with E-state index in [4.69, 9.17) is 4.42 Å². The van der Waals surface area contributed by atoms with Gasteiger partial charge in [-0.1, -0.05) is 36.7 Å². The first-order chi connectivity index (χ1) is 6.80. The molecule has 1 amide bonds. The zero-order valence-electron chi connectivity index (χ0n) is 9.30. The summed E-state index contributed by atoms with van der Waals surface area (Å²) >= 11 is 3.16. The molecule has 1 aromatic heterocycles.